The van der Waals surface area contributed by atoms with Gasteiger partial charge in [0, 0.05) is 11.6 Å². The van der Waals surface area contributed by atoms with Gasteiger partial charge in [0.2, 0.25) is 0 Å². The molecule has 0 aliphatic heterocycles. The molecule has 0 aromatic carbocycles. The molecule has 1 atom stereocenters. The summed E-state index contributed by atoms with van der Waals surface area (Å²) in [5, 5.41) is 3.61. The number of hydrogen-bond acceptors (Lipinski definition) is 1. The molecule has 0 rings (SSSR count). The number of hydrogen-bond donors (Lipinski definition) is 1. The smallest absolute Gasteiger partial charge is 0.0361 e. The van der Waals surface area contributed by atoms with Crippen molar-refractivity contribution in [2.75, 3.05) is 0 Å². The van der Waals surface area contributed by atoms with E-state index in [1.807, 2.05) is 0 Å². The first-order valence-electron chi connectivity index (χ1n) is 5.51. The number of nitrogens with one attached hydrogen (secondary N) is 1. The zero-order chi connectivity index (χ0) is 10.3. The Labute approximate surface area is 83.6 Å². The predicted octanol–water partition coefficient (Wildman–Crippen LogP) is 3.51. The standard InChI is InChI=1S/C12H25N/c1-6-9-10-12(7-2,8-3)13-11(4)5/h7,11,13H,2,6,8-10H2,1,3-5H3. The van der Waals surface area contributed by atoms with E-state index in [9.17, 15) is 0 Å². The molecule has 78 valence electrons. The van der Waals surface area contributed by atoms with Crippen molar-refractivity contribution < 1.29 is 0 Å². The lowest BCUT2D eigenvalue weighted by Crippen LogP contribution is -2.46. The van der Waals surface area contributed by atoms with Gasteiger partial charge < -0.3 is 5.32 Å². The van der Waals surface area contributed by atoms with Crippen LogP contribution in [0.15, 0.2) is 12.7 Å². The summed E-state index contributed by atoms with van der Waals surface area (Å²) in [6.07, 6.45) is 6.97. The maximum absolute atomic E-state index is 3.95. The molecule has 13 heavy (non-hydrogen) atoms. The molecule has 1 N–H and O–H groups in total. The average Bonchev–Trinajstić information content (AvgIpc) is 2.12. The van der Waals surface area contributed by atoms with Crippen LogP contribution >= 0.6 is 0 Å². The first kappa shape index (κ1) is 12.7. The highest BCUT2D eigenvalue weighted by molar-refractivity contribution is 5.02. The largest absolute Gasteiger partial charge is 0.306 e. The van der Waals surface area contributed by atoms with Crippen molar-refractivity contribution in [1.82, 2.24) is 5.32 Å². The van der Waals surface area contributed by atoms with Crippen LogP contribution in [0.1, 0.15) is 53.4 Å². The van der Waals surface area contributed by atoms with Crippen molar-refractivity contribution in [3.8, 4) is 0 Å². The quantitative estimate of drug-likeness (QED) is 0.596. The first-order chi connectivity index (χ1) is 6.10. The Kier molecular flexibility index (Phi) is 6.06. The van der Waals surface area contributed by atoms with Crippen LogP contribution in [0, 0.1) is 0 Å². The fourth-order valence-electron chi connectivity index (χ4n) is 1.72. The summed E-state index contributed by atoms with van der Waals surface area (Å²) >= 11 is 0. The van der Waals surface area contributed by atoms with Crippen molar-refractivity contribution in [2.24, 2.45) is 0 Å². The third-order valence-corrected chi connectivity index (χ3v) is 2.57. The molecule has 0 aliphatic rings. The Hall–Kier alpha value is -0.300. The topological polar surface area (TPSA) is 12.0 Å². The second-order valence-electron chi connectivity index (χ2n) is 4.12. The van der Waals surface area contributed by atoms with E-state index in [1.165, 1.54) is 19.3 Å². The normalized spacial score (nSPS) is 15.8. The van der Waals surface area contributed by atoms with Gasteiger partial charge in [-0.3, -0.25) is 0 Å². The summed E-state index contributed by atoms with van der Waals surface area (Å²) in [6.45, 7) is 12.8. The molecule has 0 amide bonds. The summed E-state index contributed by atoms with van der Waals surface area (Å²) in [6, 6.07) is 0.537. The molecule has 0 bridgehead atoms. The second-order valence-corrected chi connectivity index (χ2v) is 4.12. The predicted molar refractivity (Wildman–Crippen MR) is 61.0 cm³/mol. The highest BCUT2D eigenvalue weighted by Gasteiger charge is 2.23. The molecular weight excluding hydrogens is 158 g/mol. The summed E-state index contributed by atoms with van der Waals surface area (Å²) in [5.41, 5.74) is 0.171. The Morgan fingerprint density at radius 1 is 1.38 bits per heavy atom. The number of rotatable bonds is 7. The van der Waals surface area contributed by atoms with Crippen LogP contribution in [-0.2, 0) is 0 Å². The molecule has 0 radical (unpaired) electrons. The van der Waals surface area contributed by atoms with Gasteiger partial charge in [-0.05, 0) is 12.8 Å². The molecule has 0 aromatic rings. The molecule has 0 heterocycles. The van der Waals surface area contributed by atoms with Crippen molar-refractivity contribution >= 4 is 0 Å². The van der Waals surface area contributed by atoms with Gasteiger partial charge in [0.05, 0.1) is 0 Å². The van der Waals surface area contributed by atoms with E-state index in [4.69, 9.17) is 0 Å². The van der Waals surface area contributed by atoms with E-state index in [2.05, 4.69) is 45.7 Å². The lowest BCUT2D eigenvalue weighted by Gasteiger charge is -2.33. The summed E-state index contributed by atoms with van der Waals surface area (Å²) in [7, 11) is 0. The second kappa shape index (κ2) is 6.20. The van der Waals surface area contributed by atoms with E-state index in [0.29, 0.717) is 6.04 Å². The fourth-order valence-corrected chi connectivity index (χ4v) is 1.72. The molecule has 1 unspecified atom stereocenters. The van der Waals surface area contributed by atoms with Gasteiger partial charge in [0.1, 0.15) is 0 Å². The van der Waals surface area contributed by atoms with Gasteiger partial charge in [-0.1, -0.05) is 46.6 Å². The molecule has 0 saturated carbocycles. The maximum Gasteiger partial charge on any atom is 0.0361 e. The zero-order valence-corrected chi connectivity index (χ0v) is 9.69. The van der Waals surface area contributed by atoms with Crippen LogP contribution in [0.4, 0.5) is 0 Å². The summed E-state index contributed by atoms with van der Waals surface area (Å²) < 4.78 is 0. The highest BCUT2D eigenvalue weighted by Crippen LogP contribution is 2.20. The zero-order valence-electron chi connectivity index (χ0n) is 9.69. The van der Waals surface area contributed by atoms with Gasteiger partial charge in [-0.25, -0.2) is 0 Å². The minimum Gasteiger partial charge on any atom is -0.306 e. The van der Waals surface area contributed by atoms with E-state index in [0.717, 1.165) is 6.42 Å². The van der Waals surface area contributed by atoms with Gasteiger partial charge in [0.15, 0.2) is 0 Å². The third kappa shape index (κ3) is 4.47. The molecule has 0 aromatic heterocycles. The maximum atomic E-state index is 3.95. The first-order valence-corrected chi connectivity index (χ1v) is 5.51. The van der Waals surface area contributed by atoms with Crippen LogP contribution in [0.25, 0.3) is 0 Å². The Bertz CT molecular complexity index is 140. The van der Waals surface area contributed by atoms with Crippen molar-refractivity contribution in [2.45, 2.75) is 65.0 Å². The van der Waals surface area contributed by atoms with Gasteiger partial charge in [-0.2, -0.15) is 0 Å². The molecular formula is C12H25N. The van der Waals surface area contributed by atoms with Gasteiger partial charge in [-0.15, -0.1) is 6.58 Å². The Morgan fingerprint density at radius 3 is 2.31 bits per heavy atom. The monoisotopic (exact) mass is 183 g/mol. The fraction of sp³-hybridized carbons (Fsp3) is 0.833. The van der Waals surface area contributed by atoms with Crippen molar-refractivity contribution in [1.29, 1.82) is 0 Å². The molecule has 0 spiro atoms. The van der Waals surface area contributed by atoms with E-state index in [1.54, 1.807) is 0 Å². The van der Waals surface area contributed by atoms with Crippen molar-refractivity contribution in [3.63, 3.8) is 0 Å². The minimum absolute atomic E-state index is 0.171. The molecule has 0 saturated heterocycles. The third-order valence-electron chi connectivity index (χ3n) is 2.57. The molecule has 1 heteroatoms. The van der Waals surface area contributed by atoms with Crippen LogP contribution < -0.4 is 5.32 Å². The Morgan fingerprint density at radius 2 is 2.00 bits per heavy atom. The summed E-state index contributed by atoms with van der Waals surface area (Å²) in [5.74, 6) is 0. The molecule has 1 nitrogen and oxygen atoms in total. The van der Waals surface area contributed by atoms with Crippen LogP contribution in [0.2, 0.25) is 0 Å². The molecule has 0 fully saturated rings. The Balaban J connectivity index is 4.21. The van der Waals surface area contributed by atoms with Crippen LogP contribution in [-0.4, -0.2) is 11.6 Å². The van der Waals surface area contributed by atoms with E-state index >= 15 is 0 Å². The van der Waals surface area contributed by atoms with Gasteiger partial charge in [0.25, 0.3) is 0 Å². The minimum atomic E-state index is 0.171. The van der Waals surface area contributed by atoms with Crippen LogP contribution in [0.5, 0.6) is 0 Å². The lowest BCUT2D eigenvalue weighted by atomic mass is 9.89. The van der Waals surface area contributed by atoms with Crippen molar-refractivity contribution in [3.05, 3.63) is 12.7 Å². The van der Waals surface area contributed by atoms with Crippen LogP contribution in [0.3, 0.4) is 0 Å². The SMILES string of the molecule is C=CC(CC)(CCCC)NC(C)C. The summed E-state index contributed by atoms with van der Waals surface area (Å²) in [4.78, 5) is 0. The lowest BCUT2D eigenvalue weighted by molar-refractivity contribution is 0.326. The van der Waals surface area contributed by atoms with Gasteiger partial charge >= 0.3 is 0 Å². The highest BCUT2D eigenvalue weighted by atomic mass is 15.0. The van der Waals surface area contributed by atoms with E-state index < -0.39 is 0 Å². The average molecular weight is 183 g/mol. The molecule has 0 aliphatic carbocycles. The van der Waals surface area contributed by atoms with E-state index in [-0.39, 0.29) is 5.54 Å². The number of unbranched alkanes of at least 4 members (excludes halogenated alkanes) is 1.